The van der Waals surface area contributed by atoms with Gasteiger partial charge in [-0.2, -0.15) is 0 Å². The molecule has 0 saturated heterocycles. The van der Waals surface area contributed by atoms with Crippen LogP contribution in [0.25, 0.3) is 309 Å². The first kappa shape index (κ1) is 82.2. The largest absolute Gasteiger partial charge is 0.456 e. The number of thiophene rings is 2. The molecule has 24 aromatic carbocycles. The van der Waals surface area contributed by atoms with Crippen LogP contribution in [0, 0.1) is 0 Å². The molecule has 0 aliphatic rings. The first-order valence-corrected chi connectivity index (χ1v) is 50.4. The maximum Gasteiger partial charge on any atom is 0.235 e. The Morgan fingerprint density at radius 1 is 0.172 bits per heavy atom. The van der Waals surface area contributed by atoms with Crippen molar-refractivity contribution in [1.82, 2.24) is 43.6 Å². The maximum absolute atomic E-state index is 6.18. The lowest BCUT2D eigenvalue weighted by atomic mass is 9.95. The summed E-state index contributed by atoms with van der Waals surface area (Å²) in [6, 6.07) is 163. The Morgan fingerprint density at radius 3 is 1.01 bits per heavy atom. The van der Waals surface area contributed by atoms with E-state index in [0.29, 0.717) is 17.8 Å². The molecule has 0 spiro atoms. The molecule has 674 valence electrons. The fourth-order valence-electron chi connectivity index (χ4n) is 23.6. The van der Waals surface area contributed by atoms with Gasteiger partial charge < -0.3 is 4.42 Å². The minimum absolute atomic E-state index is 0. The van der Waals surface area contributed by atoms with Crippen molar-refractivity contribution in [2.75, 3.05) is 0 Å². The molecule has 10 nitrogen and oxygen atoms in total. The molecule has 0 atom stereocenters. The normalized spacial score (nSPS) is 12.1. The van der Waals surface area contributed by atoms with Crippen molar-refractivity contribution in [1.29, 1.82) is 0 Å². The second kappa shape index (κ2) is 32.2. The van der Waals surface area contributed by atoms with Crippen LogP contribution < -0.4 is 0 Å². The molecule has 0 amide bonds. The summed E-state index contributed by atoms with van der Waals surface area (Å²) in [5.41, 5.74) is 17.2. The Morgan fingerprint density at radius 2 is 0.503 bits per heavy atom. The van der Waals surface area contributed by atoms with Gasteiger partial charge in [-0.3, -0.25) is 13.7 Å². The van der Waals surface area contributed by atoms with Gasteiger partial charge >= 0.3 is 0 Å². The molecule has 12 heteroatoms. The summed E-state index contributed by atoms with van der Waals surface area (Å²) in [4.78, 5) is 32.5. The van der Waals surface area contributed by atoms with Gasteiger partial charge in [-0.1, -0.05) is 365 Å². The van der Waals surface area contributed by atoms with Crippen molar-refractivity contribution >= 4 is 280 Å². The van der Waals surface area contributed by atoms with Crippen LogP contribution in [0.1, 0.15) is 7.43 Å². The predicted molar refractivity (Wildman–Crippen MR) is 615 cm³/mol. The van der Waals surface area contributed by atoms with Gasteiger partial charge in [0.2, 0.25) is 17.8 Å². The van der Waals surface area contributed by atoms with E-state index in [1.165, 1.54) is 170 Å². The summed E-state index contributed by atoms with van der Waals surface area (Å²) in [7, 11) is 0. The van der Waals surface area contributed by atoms with E-state index in [1.54, 1.807) is 0 Å². The van der Waals surface area contributed by atoms with Crippen LogP contribution in [0.4, 0.5) is 0 Å². The molecule has 0 radical (unpaired) electrons. The van der Waals surface area contributed by atoms with Crippen LogP contribution in [0.5, 0.6) is 0 Å². The van der Waals surface area contributed by atoms with Gasteiger partial charge in [0.1, 0.15) is 11.2 Å². The van der Waals surface area contributed by atoms with Gasteiger partial charge in [-0.05, 0) is 172 Å². The lowest BCUT2D eigenvalue weighted by Gasteiger charge is -2.14. The molecule has 0 unspecified atom stereocenters. The third-order valence-corrected chi connectivity index (χ3v) is 32.2. The smallest absolute Gasteiger partial charge is 0.235 e. The van der Waals surface area contributed by atoms with Crippen molar-refractivity contribution in [2.24, 2.45) is 0 Å². The first-order chi connectivity index (χ1) is 71.4. The van der Waals surface area contributed by atoms with Crippen molar-refractivity contribution in [2.45, 2.75) is 7.43 Å². The average Bonchev–Trinajstić information content (AvgIpc) is 1.56. The summed E-state index contributed by atoms with van der Waals surface area (Å²) in [6.07, 6.45) is 0. The number of para-hydroxylation sites is 4. The molecule has 9 aromatic heterocycles. The summed E-state index contributed by atoms with van der Waals surface area (Å²) < 4.78 is 18.3. The maximum atomic E-state index is 6.18. The lowest BCUT2D eigenvalue weighted by molar-refractivity contribution is 0.669. The number of hydrogen-bond acceptors (Lipinski definition) is 9. The summed E-state index contributed by atoms with van der Waals surface area (Å²) in [5.74, 6) is 2.00. The van der Waals surface area contributed by atoms with Gasteiger partial charge in [-0.25, -0.2) is 29.9 Å². The zero-order chi connectivity index (χ0) is 94.0. The summed E-state index contributed by atoms with van der Waals surface area (Å²) >= 11 is 3.68. The zero-order valence-electron chi connectivity index (χ0n) is 77.1. The molecular weight excluding hydrogens is 1800 g/mol. The van der Waals surface area contributed by atoms with Crippen LogP contribution >= 0.6 is 22.7 Å². The molecule has 0 aliphatic heterocycles. The number of hydrogen-bond donors (Lipinski definition) is 0. The second-order valence-electron chi connectivity index (χ2n) is 37.6. The summed E-state index contributed by atoms with van der Waals surface area (Å²) in [6.45, 7) is 0. The van der Waals surface area contributed by atoms with E-state index >= 15 is 0 Å². The Labute approximate surface area is 835 Å². The monoisotopic (exact) mass is 1880 g/mol. The average molecular weight is 1880 g/mol. The number of furan rings is 1. The van der Waals surface area contributed by atoms with E-state index in [0.717, 1.165) is 122 Å². The highest BCUT2D eigenvalue weighted by atomic mass is 32.1. The molecule has 0 fully saturated rings. The Bertz CT molecular complexity index is 11100. The number of fused-ring (bicyclic) bond motifs is 41. The first-order valence-electron chi connectivity index (χ1n) is 48.8. The molecule has 33 aromatic rings. The van der Waals surface area contributed by atoms with Crippen molar-refractivity contribution in [3.63, 3.8) is 0 Å². The number of nitrogens with zero attached hydrogens (tertiary/aromatic N) is 9. The molecule has 0 bridgehead atoms. The Hall–Kier alpha value is -18.7. The quantitative estimate of drug-likeness (QED) is 0.153. The molecule has 0 saturated carbocycles. The van der Waals surface area contributed by atoms with Gasteiger partial charge in [0.15, 0.2) is 0 Å². The minimum Gasteiger partial charge on any atom is -0.456 e. The van der Waals surface area contributed by atoms with Crippen LogP contribution in [0.2, 0.25) is 0 Å². The fraction of sp³-hybridized carbons (Fsp3) is 0.00752. The molecule has 33 rings (SSSR count). The topological polar surface area (TPSA) is 105 Å². The third-order valence-electron chi connectivity index (χ3n) is 29.9. The van der Waals surface area contributed by atoms with Crippen LogP contribution in [0.3, 0.4) is 0 Å². The Kier molecular flexibility index (Phi) is 18.2. The zero-order valence-corrected chi connectivity index (χ0v) is 78.7. The standard InChI is InChI=1S/C44H25N3O.2C44H25N3S.CH4/c1-2-12-28-26(11-1)21-23-37-40(28)41-32-16-5-3-13-29(32)30-14-4-6-17-33(30)43(41)47(37)44-45-36-19-9-7-18-34(36)42(46-44)27-22-24-39-35(25-27)31-15-8-10-20-38(31)48-39;1-2-12-28-26(11-1)21-23-35-40-32-16-5-3-13-29(32)30-14-4-6-17-33(30)43(40)47(42(28)35)44-45-37-19-9-7-18-34(37)41(46-44)27-22-24-39-36(25-27)31-15-8-10-20-38(31)48-39;1-2-12-27-25-38-36(23-26(27)11-1)41-32-16-5-3-13-29(32)30-14-4-6-17-33(30)43(41)47(38)44-45-37-19-9-7-18-34(37)42(46-44)28-21-22-40-35(24-28)31-15-8-10-20-39(31)48-40;/h3*1-25H;1H4. The predicted octanol–water partition coefficient (Wildman–Crippen LogP) is 36.8. The number of rotatable bonds is 6. The van der Waals surface area contributed by atoms with Crippen LogP contribution in [-0.4, -0.2) is 43.6 Å². The number of aromatic nitrogens is 9. The van der Waals surface area contributed by atoms with Crippen molar-refractivity contribution in [3.8, 4) is 51.6 Å². The SMILES string of the molecule is C.c1ccc2c(c1)ccc1c2c2c3ccccc3c3ccccc3c2n1-c1nc(-c2ccc3oc4ccccc4c3c2)c2ccccc2n1.c1ccc2c(c1)ccc1c3c4ccccc4c4ccccc4c3n(-c3nc(-c4ccc5sc6ccccc6c5c4)c4ccccc4n3)c21.c1ccc2cc3c(cc2c1)c1c2ccccc2c2ccccc2c1n3-c1nc(-c2ccc3sc4ccccc4c3c2)c2ccccc2n1. The van der Waals surface area contributed by atoms with E-state index in [1.807, 2.05) is 34.8 Å². The van der Waals surface area contributed by atoms with Gasteiger partial charge in [0, 0.05) is 138 Å². The van der Waals surface area contributed by atoms with E-state index < -0.39 is 0 Å². The van der Waals surface area contributed by atoms with Crippen molar-refractivity contribution < 1.29 is 4.42 Å². The highest BCUT2D eigenvalue weighted by Gasteiger charge is 2.29. The van der Waals surface area contributed by atoms with E-state index in [-0.39, 0.29) is 7.43 Å². The summed E-state index contributed by atoms with van der Waals surface area (Å²) in [5, 5.41) is 39.6. The molecule has 9 heterocycles. The van der Waals surface area contributed by atoms with Gasteiger partial charge in [-0.15, -0.1) is 22.7 Å². The molecule has 0 aliphatic carbocycles. The third kappa shape index (κ3) is 12.4. The Balaban J connectivity index is 0.000000101. The second-order valence-corrected chi connectivity index (χ2v) is 39.8. The molecule has 145 heavy (non-hydrogen) atoms. The molecule has 0 N–H and O–H groups in total. The lowest BCUT2D eigenvalue weighted by Crippen LogP contribution is -2.04. The van der Waals surface area contributed by atoms with E-state index in [2.05, 4.69) is 457 Å². The highest BCUT2D eigenvalue weighted by molar-refractivity contribution is 7.26. The van der Waals surface area contributed by atoms with Gasteiger partial charge in [0.05, 0.1) is 66.7 Å². The van der Waals surface area contributed by atoms with E-state index in [4.69, 9.17) is 34.3 Å². The highest BCUT2D eigenvalue weighted by Crippen LogP contribution is 2.51. The van der Waals surface area contributed by atoms with Crippen LogP contribution in [0.15, 0.2) is 459 Å². The fourth-order valence-corrected chi connectivity index (χ4v) is 25.8. The van der Waals surface area contributed by atoms with Crippen molar-refractivity contribution in [3.05, 3.63) is 455 Å². The molecular formula is C133H79N9OS2. The number of benzene rings is 24. The van der Waals surface area contributed by atoms with E-state index in [9.17, 15) is 0 Å². The minimum atomic E-state index is 0. The van der Waals surface area contributed by atoms with Gasteiger partial charge in [0.25, 0.3) is 0 Å². The van der Waals surface area contributed by atoms with Crippen LogP contribution in [-0.2, 0) is 0 Å².